The van der Waals surface area contributed by atoms with E-state index in [4.69, 9.17) is 9.47 Å². The number of hydrogen-bond donors (Lipinski definition) is 1. The normalized spacial score (nSPS) is 14.3. The number of carbonyl (C=O) groups excluding carboxylic acids is 2. The van der Waals surface area contributed by atoms with Crippen molar-refractivity contribution in [2.45, 2.75) is 26.7 Å². The Kier molecular flexibility index (Phi) is 7.73. The van der Waals surface area contributed by atoms with Gasteiger partial charge in [-0.2, -0.15) is 0 Å². The molecule has 2 heterocycles. The molecule has 31 heavy (non-hydrogen) atoms. The molecule has 0 unspecified atom stereocenters. The Morgan fingerprint density at radius 1 is 1.19 bits per heavy atom. The monoisotopic (exact) mass is 446 g/mol. The van der Waals surface area contributed by atoms with Crippen molar-refractivity contribution in [3.8, 4) is 22.8 Å². The average Bonchev–Trinajstić information content (AvgIpc) is 3.27. The van der Waals surface area contributed by atoms with Gasteiger partial charge in [0.05, 0.1) is 19.9 Å². The molecular weight excluding hydrogens is 416 g/mol. The van der Waals surface area contributed by atoms with Crippen LogP contribution >= 0.6 is 11.3 Å². The van der Waals surface area contributed by atoms with Gasteiger partial charge in [0.25, 0.3) is 0 Å². The molecule has 168 valence electrons. The molecule has 1 aliphatic heterocycles. The summed E-state index contributed by atoms with van der Waals surface area (Å²) in [5.41, 5.74) is 1.53. The first-order valence-electron chi connectivity index (χ1n) is 10.5. The van der Waals surface area contributed by atoms with Crippen molar-refractivity contribution in [2.75, 3.05) is 45.7 Å². The predicted octanol–water partition coefficient (Wildman–Crippen LogP) is 3.94. The van der Waals surface area contributed by atoms with Gasteiger partial charge in [0.2, 0.25) is 5.91 Å². The Balaban J connectivity index is 1.61. The lowest BCUT2D eigenvalue weighted by atomic mass is 9.96. The van der Waals surface area contributed by atoms with E-state index in [2.05, 4.69) is 10.3 Å². The number of benzene rings is 1. The van der Waals surface area contributed by atoms with E-state index in [-0.39, 0.29) is 17.9 Å². The molecule has 3 amide bonds. The molecule has 2 aromatic rings. The smallest absolute Gasteiger partial charge is 0.319 e. The molecule has 0 saturated carbocycles. The summed E-state index contributed by atoms with van der Waals surface area (Å²) in [7, 11) is 3.22. The van der Waals surface area contributed by atoms with Crippen LogP contribution in [-0.4, -0.2) is 67.1 Å². The zero-order valence-corrected chi connectivity index (χ0v) is 19.3. The summed E-state index contributed by atoms with van der Waals surface area (Å²) in [6.45, 7) is 6.53. The maximum atomic E-state index is 12.8. The fourth-order valence-electron chi connectivity index (χ4n) is 3.70. The third-order valence-electron chi connectivity index (χ3n) is 5.59. The van der Waals surface area contributed by atoms with Crippen LogP contribution in [0.4, 0.5) is 9.93 Å². The summed E-state index contributed by atoms with van der Waals surface area (Å²) in [5, 5.41) is 5.37. The van der Waals surface area contributed by atoms with E-state index in [0.29, 0.717) is 55.7 Å². The van der Waals surface area contributed by atoms with Crippen LogP contribution < -0.4 is 14.8 Å². The van der Waals surface area contributed by atoms with Gasteiger partial charge in [-0.15, -0.1) is 11.3 Å². The van der Waals surface area contributed by atoms with E-state index >= 15 is 0 Å². The number of rotatable bonds is 7. The van der Waals surface area contributed by atoms with E-state index in [1.165, 1.54) is 11.3 Å². The van der Waals surface area contributed by atoms with Crippen LogP contribution in [0.3, 0.4) is 0 Å². The Morgan fingerprint density at radius 2 is 1.90 bits per heavy atom. The number of ether oxygens (including phenoxy) is 2. The van der Waals surface area contributed by atoms with Crippen LogP contribution in [0.2, 0.25) is 0 Å². The molecule has 3 rings (SSSR count). The van der Waals surface area contributed by atoms with Gasteiger partial charge in [0.15, 0.2) is 5.13 Å². The first-order chi connectivity index (χ1) is 15.0. The van der Waals surface area contributed by atoms with Crippen LogP contribution in [0.15, 0.2) is 23.6 Å². The van der Waals surface area contributed by atoms with E-state index in [1.807, 2.05) is 47.2 Å². The molecule has 1 fully saturated rings. The van der Waals surface area contributed by atoms with Gasteiger partial charge in [-0.25, -0.2) is 9.78 Å². The van der Waals surface area contributed by atoms with Crippen LogP contribution in [0.25, 0.3) is 11.3 Å². The summed E-state index contributed by atoms with van der Waals surface area (Å²) in [5.74, 6) is 1.22. The molecule has 8 nitrogen and oxygen atoms in total. The third-order valence-corrected chi connectivity index (χ3v) is 6.34. The number of nitrogens with one attached hydrogen (secondary N) is 1. The lowest BCUT2D eigenvalue weighted by Gasteiger charge is -2.34. The lowest BCUT2D eigenvalue weighted by Crippen LogP contribution is -2.47. The highest BCUT2D eigenvalue weighted by molar-refractivity contribution is 7.14. The Labute approximate surface area is 187 Å². The zero-order chi connectivity index (χ0) is 22.4. The van der Waals surface area contributed by atoms with Crippen LogP contribution in [-0.2, 0) is 4.79 Å². The van der Waals surface area contributed by atoms with Crippen molar-refractivity contribution >= 4 is 28.4 Å². The number of urea groups is 1. The average molecular weight is 447 g/mol. The molecule has 0 aliphatic carbocycles. The highest BCUT2D eigenvalue weighted by Gasteiger charge is 2.29. The zero-order valence-electron chi connectivity index (χ0n) is 18.5. The number of carbonyl (C=O) groups is 2. The van der Waals surface area contributed by atoms with E-state index in [9.17, 15) is 9.59 Å². The molecule has 1 N–H and O–H groups in total. The highest BCUT2D eigenvalue weighted by atomic mass is 32.1. The Morgan fingerprint density at radius 3 is 2.52 bits per heavy atom. The number of likely N-dealkylation sites (tertiary alicyclic amines) is 1. The van der Waals surface area contributed by atoms with Gasteiger partial charge < -0.3 is 24.6 Å². The standard InChI is InChI=1S/C22H30N4O4S/c1-5-25(6-2)22(28)26-11-9-15(10-12-26)20(27)24-21-23-18(14-31-21)17-13-16(29-3)7-8-19(17)30-4/h7-8,13-15H,5-6,9-12H2,1-4H3,(H,23,24,27). The van der Waals surface area contributed by atoms with Crippen LogP contribution in [0.1, 0.15) is 26.7 Å². The second kappa shape index (κ2) is 10.5. The van der Waals surface area contributed by atoms with Crippen molar-refractivity contribution in [2.24, 2.45) is 5.92 Å². The number of piperidine rings is 1. The van der Waals surface area contributed by atoms with Crippen LogP contribution in [0.5, 0.6) is 11.5 Å². The van der Waals surface area contributed by atoms with Gasteiger partial charge in [-0.05, 0) is 44.9 Å². The molecule has 0 atom stereocenters. The maximum absolute atomic E-state index is 12.8. The number of thiazole rings is 1. The SMILES string of the molecule is CCN(CC)C(=O)N1CCC(C(=O)Nc2nc(-c3cc(OC)ccc3OC)cs2)CC1. The predicted molar refractivity (Wildman–Crippen MR) is 122 cm³/mol. The Hall–Kier alpha value is -2.81. The number of anilines is 1. The molecule has 1 aliphatic rings. The van der Waals surface area contributed by atoms with Gasteiger partial charge in [0, 0.05) is 43.0 Å². The van der Waals surface area contributed by atoms with Crippen molar-refractivity contribution in [3.05, 3.63) is 23.6 Å². The number of nitrogens with zero attached hydrogens (tertiary/aromatic N) is 3. The minimum Gasteiger partial charge on any atom is -0.497 e. The summed E-state index contributed by atoms with van der Waals surface area (Å²) in [4.78, 5) is 33.5. The largest absolute Gasteiger partial charge is 0.497 e. The quantitative estimate of drug-likeness (QED) is 0.696. The number of amides is 3. The van der Waals surface area contributed by atoms with Gasteiger partial charge in [0.1, 0.15) is 11.5 Å². The molecule has 0 spiro atoms. The van der Waals surface area contributed by atoms with E-state index in [0.717, 1.165) is 11.3 Å². The highest BCUT2D eigenvalue weighted by Crippen LogP contribution is 2.35. The minimum atomic E-state index is -0.126. The van der Waals surface area contributed by atoms with Crippen molar-refractivity contribution in [3.63, 3.8) is 0 Å². The number of methoxy groups -OCH3 is 2. The topological polar surface area (TPSA) is 84.0 Å². The summed E-state index contributed by atoms with van der Waals surface area (Å²) >= 11 is 1.37. The van der Waals surface area contributed by atoms with Gasteiger partial charge in [-0.3, -0.25) is 4.79 Å². The lowest BCUT2D eigenvalue weighted by molar-refractivity contribution is -0.121. The maximum Gasteiger partial charge on any atom is 0.319 e. The van der Waals surface area contributed by atoms with E-state index < -0.39 is 0 Å². The minimum absolute atomic E-state index is 0.0477. The first-order valence-corrected chi connectivity index (χ1v) is 11.4. The van der Waals surface area contributed by atoms with Crippen molar-refractivity contribution in [1.82, 2.24) is 14.8 Å². The Bertz CT molecular complexity index is 905. The summed E-state index contributed by atoms with van der Waals surface area (Å²) in [6, 6.07) is 5.58. The summed E-state index contributed by atoms with van der Waals surface area (Å²) < 4.78 is 10.7. The van der Waals surface area contributed by atoms with Gasteiger partial charge in [-0.1, -0.05) is 0 Å². The molecule has 1 saturated heterocycles. The third kappa shape index (κ3) is 5.28. The van der Waals surface area contributed by atoms with Crippen LogP contribution in [0, 0.1) is 5.92 Å². The molecule has 9 heteroatoms. The second-order valence-electron chi connectivity index (χ2n) is 7.31. The van der Waals surface area contributed by atoms with E-state index in [1.54, 1.807) is 14.2 Å². The fraction of sp³-hybridized carbons (Fsp3) is 0.500. The summed E-state index contributed by atoms with van der Waals surface area (Å²) in [6.07, 6.45) is 1.31. The fourth-order valence-corrected chi connectivity index (χ4v) is 4.42. The molecule has 0 bridgehead atoms. The molecule has 1 aromatic heterocycles. The molecular formula is C22H30N4O4S. The van der Waals surface area contributed by atoms with Crippen molar-refractivity contribution < 1.29 is 19.1 Å². The van der Waals surface area contributed by atoms with Gasteiger partial charge >= 0.3 is 6.03 Å². The number of hydrogen-bond acceptors (Lipinski definition) is 6. The number of aromatic nitrogens is 1. The first kappa shape index (κ1) is 22.9. The molecule has 0 radical (unpaired) electrons. The molecule has 1 aromatic carbocycles. The second-order valence-corrected chi connectivity index (χ2v) is 8.17. The van der Waals surface area contributed by atoms with Crippen molar-refractivity contribution in [1.29, 1.82) is 0 Å².